The van der Waals surface area contributed by atoms with Crippen molar-refractivity contribution in [2.45, 2.75) is 19.4 Å². The van der Waals surface area contributed by atoms with Gasteiger partial charge in [-0.1, -0.05) is 30.3 Å². The highest BCUT2D eigenvalue weighted by molar-refractivity contribution is 5.42. The third-order valence-electron chi connectivity index (χ3n) is 3.75. The zero-order valence-corrected chi connectivity index (χ0v) is 11.0. The number of hydrogen-bond acceptors (Lipinski definition) is 3. The van der Waals surface area contributed by atoms with Gasteiger partial charge in [0.2, 0.25) is 0 Å². The molecule has 0 saturated heterocycles. The topological polar surface area (TPSA) is 42.1 Å². The van der Waals surface area contributed by atoms with E-state index in [0.29, 0.717) is 6.54 Å². The summed E-state index contributed by atoms with van der Waals surface area (Å²) in [6.45, 7) is 2.55. The normalized spacial score (nSPS) is 14.9. The molecule has 0 atom stereocenters. The standard InChI is InChI=1S/C16H19N3/c17-12-15-6-3-7-16(18-15)19-10-8-13-4-1-2-5-14(13)9-11-19/h1-7H,8-12,17H2. The van der Waals surface area contributed by atoms with Crippen molar-refractivity contribution in [2.24, 2.45) is 5.73 Å². The van der Waals surface area contributed by atoms with Gasteiger partial charge in [-0.2, -0.15) is 0 Å². The Hall–Kier alpha value is -1.87. The van der Waals surface area contributed by atoms with Gasteiger partial charge in [-0.25, -0.2) is 4.98 Å². The van der Waals surface area contributed by atoms with E-state index < -0.39 is 0 Å². The fraction of sp³-hybridized carbons (Fsp3) is 0.312. The summed E-state index contributed by atoms with van der Waals surface area (Å²) in [6, 6.07) is 14.8. The molecule has 0 bridgehead atoms. The number of pyridine rings is 1. The molecule has 1 aliphatic rings. The maximum absolute atomic E-state index is 5.67. The van der Waals surface area contributed by atoms with E-state index >= 15 is 0 Å². The number of rotatable bonds is 2. The summed E-state index contributed by atoms with van der Waals surface area (Å²) in [5.41, 5.74) is 9.57. The van der Waals surface area contributed by atoms with E-state index in [1.54, 1.807) is 0 Å². The summed E-state index contributed by atoms with van der Waals surface area (Å²) in [4.78, 5) is 6.98. The molecule has 0 spiro atoms. The highest BCUT2D eigenvalue weighted by Gasteiger charge is 2.14. The predicted octanol–water partition coefficient (Wildman–Crippen LogP) is 2.15. The van der Waals surface area contributed by atoms with Crippen LogP contribution in [0.1, 0.15) is 16.8 Å². The average Bonchev–Trinajstić information content (AvgIpc) is 2.70. The van der Waals surface area contributed by atoms with Gasteiger partial charge in [0.1, 0.15) is 5.82 Å². The molecular formula is C16H19N3. The molecule has 0 saturated carbocycles. The van der Waals surface area contributed by atoms with Gasteiger partial charge >= 0.3 is 0 Å². The molecule has 2 heterocycles. The van der Waals surface area contributed by atoms with E-state index in [0.717, 1.165) is 37.4 Å². The quantitative estimate of drug-likeness (QED) is 0.891. The summed E-state index contributed by atoms with van der Waals surface area (Å²) >= 11 is 0. The molecule has 0 unspecified atom stereocenters. The van der Waals surface area contributed by atoms with Gasteiger partial charge in [0.15, 0.2) is 0 Å². The number of nitrogens with zero attached hydrogens (tertiary/aromatic N) is 2. The van der Waals surface area contributed by atoms with E-state index in [1.165, 1.54) is 11.1 Å². The zero-order valence-electron chi connectivity index (χ0n) is 11.0. The maximum Gasteiger partial charge on any atom is 0.128 e. The third kappa shape index (κ3) is 2.61. The highest BCUT2D eigenvalue weighted by Crippen LogP contribution is 2.19. The van der Waals surface area contributed by atoms with Crippen molar-refractivity contribution >= 4 is 5.82 Å². The lowest BCUT2D eigenvalue weighted by Gasteiger charge is -2.21. The van der Waals surface area contributed by atoms with Crippen molar-refractivity contribution in [3.63, 3.8) is 0 Å². The minimum absolute atomic E-state index is 0.502. The lowest BCUT2D eigenvalue weighted by atomic mass is 10.0. The Morgan fingerprint density at radius 3 is 2.26 bits per heavy atom. The highest BCUT2D eigenvalue weighted by atomic mass is 15.2. The Labute approximate surface area is 114 Å². The van der Waals surface area contributed by atoms with Crippen molar-refractivity contribution in [3.8, 4) is 0 Å². The number of fused-ring (bicyclic) bond motifs is 1. The molecule has 3 nitrogen and oxygen atoms in total. The minimum atomic E-state index is 0.502. The van der Waals surface area contributed by atoms with Gasteiger partial charge in [-0.05, 0) is 36.1 Å². The van der Waals surface area contributed by atoms with Gasteiger partial charge in [-0.15, -0.1) is 0 Å². The molecule has 3 heteroatoms. The lowest BCUT2D eigenvalue weighted by molar-refractivity contribution is 0.784. The van der Waals surface area contributed by atoms with Crippen LogP contribution in [0.4, 0.5) is 5.82 Å². The van der Waals surface area contributed by atoms with Crippen molar-refractivity contribution in [1.29, 1.82) is 0 Å². The molecule has 1 aromatic heterocycles. The van der Waals surface area contributed by atoms with E-state index in [1.807, 2.05) is 12.1 Å². The van der Waals surface area contributed by atoms with Crippen molar-refractivity contribution in [2.75, 3.05) is 18.0 Å². The monoisotopic (exact) mass is 253 g/mol. The largest absolute Gasteiger partial charge is 0.356 e. The first-order valence-corrected chi connectivity index (χ1v) is 6.84. The van der Waals surface area contributed by atoms with Gasteiger partial charge in [-0.3, -0.25) is 0 Å². The van der Waals surface area contributed by atoms with Crippen LogP contribution in [0, 0.1) is 0 Å². The average molecular weight is 253 g/mol. The van der Waals surface area contributed by atoms with Crippen molar-refractivity contribution in [1.82, 2.24) is 4.98 Å². The van der Waals surface area contributed by atoms with Crippen LogP contribution in [0.25, 0.3) is 0 Å². The molecule has 98 valence electrons. The molecular weight excluding hydrogens is 234 g/mol. The molecule has 3 rings (SSSR count). The molecule has 1 aromatic carbocycles. The van der Waals surface area contributed by atoms with Crippen LogP contribution in [0.5, 0.6) is 0 Å². The minimum Gasteiger partial charge on any atom is -0.356 e. The summed E-state index contributed by atoms with van der Waals surface area (Å²) in [7, 11) is 0. The maximum atomic E-state index is 5.67. The predicted molar refractivity (Wildman–Crippen MR) is 78.2 cm³/mol. The second kappa shape index (κ2) is 5.41. The second-order valence-corrected chi connectivity index (χ2v) is 4.95. The zero-order chi connectivity index (χ0) is 13.1. The summed E-state index contributed by atoms with van der Waals surface area (Å²) < 4.78 is 0. The van der Waals surface area contributed by atoms with Crippen molar-refractivity contribution in [3.05, 3.63) is 59.3 Å². The molecule has 0 fully saturated rings. The molecule has 0 aliphatic carbocycles. The van der Waals surface area contributed by atoms with Gasteiger partial charge < -0.3 is 10.6 Å². The number of anilines is 1. The fourth-order valence-electron chi connectivity index (χ4n) is 2.65. The molecule has 0 radical (unpaired) electrons. The summed E-state index contributed by atoms with van der Waals surface area (Å²) in [5.74, 6) is 1.05. The number of aromatic nitrogens is 1. The van der Waals surface area contributed by atoms with E-state index in [2.05, 4.69) is 40.2 Å². The summed E-state index contributed by atoms with van der Waals surface area (Å²) in [6.07, 6.45) is 2.18. The first-order chi connectivity index (χ1) is 9.36. The van der Waals surface area contributed by atoms with Gasteiger partial charge in [0.05, 0.1) is 5.69 Å². The molecule has 1 aliphatic heterocycles. The molecule has 19 heavy (non-hydrogen) atoms. The van der Waals surface area contributed by atoms with E-state index in [9.17, 15) is 0 Å². The lowest BCUT2D eigenvalue weighted by Crippen LogP contribution is -2.27. The van der Waals surface area contributed by atoms with Crippen LogP contribution in [0.3, 0.4) is 0 Å². The molecule has 2 aromatic rings. The van der Waals surface area contributed by atoms with Crippen LogP contribution in [0.2, 0.25) is 0 Å². The Morgan fingerprint density at radius 2 is 1.63 bits per heavy atom. The van der Waals surface area contributed by atoms with Crippen LogP contribution in [0.15, 0.2) is 42.5 Å². The Morgan fingerprint density at radius 1 is 0.947 bits per heavy atom. The van der Waals surface area contributed by atoms with E-state index in [-0.39, 0.29) is 0 Å². The van der Waals surface area contributed by atoms with Crippen molar-refractivity contribution < 1.29 is 0 Å². The first kappa shape index (κ1) is 12.2. The molecule has 2 N–H and O–H groups in total. The smallest absolute Gasteiger partial charge is 0.128 e. The number of benzene rings is 1. The third-order valence-corrected chi connectivity index (χ3v) is 3.75. The van der Waals surface area contributed by atoms with Gasteiger partial charge in [0, 0.05) is 19.6 Å². The second-order valence-electron chi connectivity index (χ2n) is 4.95. The number of hydrogen-bond donors (Lipinski definition) is 1. The Bertz CT molecular complexity index is 538. The van der Waals surface area contributed by atoms with Crippen LogP contribution < -0.4 is 10.6 Å². The Balaban J connectivity index is 1.81. The number of nitrogens with two attached hydrogens (primary N) is 1. The fourth-order valence-corrected chi connectivity index (χ4v) is 2.65. The van der Waals surface area contributed by atoms with Crippen LogP contribution in [-0.4, -0.2) is 18.1 Å². The first-order valence-electron chi connectivity index (χ1n) is 6.84. The summed E-state index contributed by atoms with van der Waals surface area (Å²) in [5, 5.41) is 0. The Kier molecular flexibility index (Phi) is 3.47. The molecule has 0 amide bonds. The van der Waals surface area contributed by atoms with Gasteiger partial charge in [0.25, 0.3) is 0 Å². The van der Waals surface area contributed by atoms with E-state index in [4.69, 9.17) is 5.73 Å². The SMILES string of the molecule is NCc1cccc(N2CCc3ccccc3CC2)n1. The van der Waals surface area contributed by atoms with Crippen LogP contribution in [-0.2, 0) is 19.4 Å². The van der Waals surface area contributed by atoms with Crippen LogP contribution >= 0.6 is 0 Å².